The summed E-state index contributed by atoms with van der Waals surface area (Å²) in [7, 11) is 0. The Morgan fingerprint density at radius 2 is 1.70 bits per heavy atom. The van der Waals surface area contributed by atoms with Gasteiger partial charge in [-0.3, -0.25) is 9.36 Å². The number of pyridine rings is 1. The third kappa shape index (κ3) is 4.23. The molecule has 0 aliphatic rings. The number of nitrogens with one attached hydrogen (secondary N) is 1. The molecule has 0 atom stereocenters. The van der Waals surface area contributed by atoms with Gasteiger partial charge in [0.25, 0.3) is 5.91 Å². The van der Waals surface area contributed by atoms with Crippen molar-refractivity contribution in [2.24, 2.45) is 0 Å². The van der Waals surface area contributed by atoms with Crippen LogP contribution in [0.5, 0.6) is 0 Å². The zero-order chi connectivity index (χ0) is 16.7. The molecule has 2 heterocycles. The maximum atomic E-state index is 12.2. The van der Waals surface area contributed by atoms with Gasteiger partial charge < -0.3 is 5.32 Å². The zero-order valence-electron chi connectivity index (χ0n) is 13.4. The summed E-state index contributed by atoms with van der Waals surface area (Å²) in [5.74, 6) is 0.338. The topological polar surface area (TPSA) is 72.7 Å². The Balaban J connectivity index is 0.000000925. The molecule has 0 aliphatic carbocycles. The van der Waals surface area contributed by atoms with E-state index >= 15 is 0 Å². The highest BCUT2D eigenvalue weighted by Crippen LogP contribution is 2.11. The van der Waals surface area contributed by atoms with Gasteiger partial charge in [-0.05, 0) is 31.2 Å². The van der Waals surface area contributed by atoms with Gasteiger partial charge in [-0.15, -0.1) is 10.2 Å². The molecule has 0 saturated carbocycles. The molecule has 0 bridgehead atoms. The summed E-state index contributed by atoms with van der Waals surface area (Å²) >= 11 is 0. The molecular weight excluding hydrogens is 290 g/mol. The molecule has 6 nitrogen and oxygen atoms in total. The molecule has 0 aliphatic heterocycles. The maximum Gasteiger partial charge on any atom is 0.274 e. The Morgan fingerprint density at radius 1 is 1.04 bits per heavy atom. The van der Waals surface area contributed by atoms with Gasteiger partial charge in [0.2, 0.25) is 0 Å². The Kier molecular flexibility index (Phi) is 5.57. The molecule has 1 amide bonds. The van der Waals surface area contributed by atoms with Crippen molar-refractivity contribution < 1.29 is 6.22 Å². The van der Waals surface area contributed by atoms with Crippen LogP contribution in [0.1, 0.15) is 31.3 Å². The molecule has 1 N–H and O–H groups in total. The summed E-state index contributed by atoms with van der Waals surface area (Å²) < 4.78 is 1.64. The van der Waals surface area contributed by atoms with E-state index < -0.39 is 0 Å². The predicted octanol–water partition coefficient (Wildman–Crippen LogP) is 3.50. The Bertz CT molecular complexity index is 757. The van der Waals surface area contributed by atoms with E-state index in [1.54, 1.807) is 22.8 Å². The van der Waals surface area contributed by atoms with Crippen LogP contribution in [0, 0.1) is 6.92 Å². The van der Waals surface area contributed by atoms with Crippen LogP contribution in [0.15, 0.2) is 55.1 Å². The van der Waals surface area contributed by atoms with E-state index in [4.69, 9.17) is 0 Å². The molecule has 2 aromatic heterocycles. The van der Waals surface area contributed by atoms with Crippen LogP contribution in [0.25, 0.3) is 5.82 Å². The lowest BCUT2D eigenvalue weighted by Crippen LogP contribution is -2.14. The third-order valence-electron chi connectivity index (χ3n) is 2.96. The van der Waals surface area contributed by atoms with Crippen LogP contribution < -0.4 is 5.32 Å². The number of benzene rings is 1. The molecule has 6 heteroatoms. The highest BCUT2D eigenvalue weighted by Gasteiger charge is 2.09. The van der Waals surface area contributed by atoms with Gasteiger partial charge in [-0.2, -0.15) is 0 Å². The standard InChI is InChI=1S/C15H13N5O.C2H6.H2/c1-11-5-7-12(8-6-11)18-15(21)13-3-2-4-14(19-13)20-9-16-17-10-20;1-2;/h2-10H,1H3,(H,18,21);1-2H3;1H. The summed E-state index contributed by atoms with van der Waals surface area (Å²) in [6, 6.07) is 12.8. The first-order chi connectivity index (χ1) is 11.2. The Labute approximate surface area is 136 Å². The number of anilines is 1. The first-order valence-electron chi connectivity index (χ1n) is 7.42. The quantitative estimate of drug-likeness (QED) is 0.803. The first-order valence-corrected chi connectivity index (χ1v) is 7.42. The number of carbonyl (C=O) groups excluding carboxylic acids is 1. The zero-order valence-corrected chi connectivity index (χ0v) is 13.4. The van der Waals surface area contributed by atoms with Gasteiger partial charge in [0.1, 0.15) is 24.2 Å². The molecule has 0 saturated heterocycles. The minimum absolute atomic E-state index is 0. The molecule has 3 rings (SSSR count). The number of hydrogen-bond donors (Lipinski definition) is 1. The number of nitrogens with zero attached hydrogens (tertiary/aromatic N) is 4. The number of rotatable bonds is 3. The van der Waals surface area contributed by atoms with Crippen LogP contribution in [-0.4, -0.2) is 25.7 Å². The lowest BCUT2D eigenvalue weighted by Gasteiger charge is -2.06. The molecule has 0 radical (unpaired) electrons. The van der Waals surface area contributed by atoms with Crippen LogP contribution >= 0.6 is 0 Å². The van der Waals surface area contributed by atoms with Gasteiger partial charge in [-0.25, -0.2) is 4.98 Å². The van der Waals surface area contributed by atoms with E-state index in [-0.39, 0.29) is 7.33 Å². The summed E-state index contributed by atoms with van der Waals surface area (Å²) in [4.78, 5) is 16.5. The van der Waals surface area contributed by atoms with Gasteiger partial charge in [-0.1, -0.05) is 37.6 Å². The monoisotopic (exact) mass is 311 g/mol. The van der Waals surface area contributed by atoms with Crippen LogP contribution in [0.3, 0.4) is 0 Å². The minimum atomic E-state index is -0.256. The highest BCUT2D eigenvalue weighted by atomic mass is 16.1. The maximum absolute atomic E-state index is 12.2. The predicted molar refractivity (Wildman–Crippen MR) is 91.7 cm³/mol. The number of aryl methyl sites for hydroxylation is 1. The van der Waals surface area contributed by atoms with Crippen molar-refractivity contribution in [2.75, 3.05) is 5.32 Å². The fourth-order valence-electron chi connectivity index (χ4n) is 1.84. The largest absolute Gasteiger partial charge is 0.321 e. The average Bonchev–Trinajstić information content (AvgIpc) is 3.13. The van der Waals surface area contributed by atoms with Crippen molar-refractivity contribution in [1.29, 1.82) is 0 Å². The van der Waals surface area contributed by atoms with E-state index in [2.05, 4.69) is 20.5 Å². The Morgan fingerprint density at radius 3 is 2.35 bits per heavy atom. The fourth-order valence-corrected chi connectivity index (χ4v) is 1.84. The molecule has 0 fully saturated rings. The first kappa shape index (κ1) is 16.4. The lowest BCUT2D eigenvalue weighted by molar-refractivity contribution is 0.102. The summed E-state index contributed by atoms with van der Waals surface area (Å²) in [5.41, 5.74) is 2.21. The molecule has 0 unspecified atom stereocenters. The number of amides is 1. The lowest BCUT2D eigenvalue weighted by atomic mass is 10.2. The van der Waals surface area contributed by atoms with Gasteiger partial charge in [0.05, 0.1) is 0 Å². The van der Waals surface area contributed by atoms with Crippen LogP contribution in [0.4, 0.5) is 5.69 Å². The number of carbonyl (C=O) groups is 1. The smallest absolute Gasteiger partial charge is 0.274 e. The van der Waals surface area contributed by atoms with Crippen LogP contribution in [-0.2, 0) is 0 Å². The highest BCUT2D eigenvalue weighted by molar-refractivity contribution is 6.02. The summed E-state index contributed by atoms with van der Waals surface area (Å²) in [6.07, 6.45) is 3.06. The molecule has 1 aromatic carbocycles. The second-order valence-corrected chi connectivity index (χ2v) is 4.57. The second-order valence-electron chi connectivity index (χ2n) is 4.57. The second kappa shape index (κ2) is 7.84. The SMILES string of the molecule is CC.Cc1ccc(NC(=O)c2cccc(-n3cnnc3)n2)cc1.[HH]. The van der Waals surface area contributed by atoms with Crippen molar-refractivity contribution >= 4 is 11.6 Å². The molecular formula is C17H21N5O. The minimum Gasteiger partial charge on any atom is -0.321 e. The summed E-state index contributed by atoms with van der Waals surface area (Å²) in [6.45, 7) is 6.00. The van der Waals surface area contributed by atoms with Gasteiger partial charge in [0.15, 0.2) is 0 Å². The van der Waals surface area contributed by atoms with Gasteiger partial charge >= 0.3 is 0 Å². The van der Waals surface area contributed by atoms with E-state index in [1.807, 2.05) is 45.0 Å². The average molecular weight is 311 g/mol. The van der Waals surface area contributed by atoms with E-state index in [0.717, 1.165) is 11.3 Å². The van der Waals surface area contributed by atoms with Crippen molar-refractivity contribution in [2.45, 2.75) is 20.8 Å². The normalized spacial score (nSPS) is 9.70. The summed E-state index contributed by atoms with van der Waals surface area (Å²) in [5, 5.41) is 10.3. The van der Waals surface area contributed by atoms with Crippen molar-refractivity contribution in [3.8, 4) is 5.82 Å². The number of aromatic nitrogens is 4. The van der Waals surface area contributed by atoms with Crippen molar-refractivity contribution in [3.05, 3.63) is 66.4 Å². The van der Waals surface area contributed by atoms with E-state index in [1.165, 1.54) is 12.7 Å². The molecule has 3 aromatic rings. The fraction of sp³-hybridized carbons (Fsp3) is 0.176. The molecule has 0 spiro atoms. The van der Waals surface area contributed by atoms with Crippen LogP contribution in [0.2, 0.25) is 0 Å². The Hall–Kier alpha value is -3.02. The number of hydrogen-bond acceptors (Lipinski definition) is 4. The molecule has 23 heavy (non-hydrogen) atoms. The molecule has 120 valence electrons. The van der Waals surface area contributed by atoms with E-state index in [9.17, 15) is 4.79 Å². The van der Waals surface area contributed by atoms with Gasteiger partial charge in [0, 0.05) is 7.11 Å². The third-order valence-corrected chi connectivity index (χ3v) is 2.96. The van der Waals surface area contributed by atoms with Crippen molar-refractivity contribution in [1.82, 2.24) is 19.7 Å². The van der Waals surface area contributed by atoms with Crippen molar-refractivity contribution in [3.63, 3.8) is 0 Å². The van der Waals surface area contributed by atoms with E-state index in [0.29, 0.717) is 11.5 Å².